The van der Waals surface area contributed by atoms with Crippen LogP contribution in [0.15, 0.2) is 72.8 Å². The molecule has 0 aliphatic carbocycles. The van der Waals surface area contributed by atoms with Crippen LogP contribution in [0, 0.1) is 5.82 Å². The molecule has 3 heterocycles. The van der Waals surface area contributed by atoms with E-state index in [2.05, 4.69) is 12.1 Å². The molecule has 0 saturated carbocycles. The number of amides is 2. The van der Waals surface area contributed by atoms with Crippen molar-refractivity contribution in [3.05, 3.63) is 101 Å². The molecule has 0 radical (unpaired) electrons. The van der Waals surface area contributed by atoms with Crippen LogP contribution in [-0.2, 0) is 11.2 Å². The maximum Gasteiger partial charge on any atom is 0.254 e. The van der Waals surface area contributed by atoms with Crippen LogP contribution in [0.3, 0.4) is 0 Å². The lowest BCUT2D eigenvalue weighted by Crippen LogP contribution is -2.54. The minimum atomic E-state index is -0.449. The molecule has 172 valence electrons. The van der Waals surface area contributed by atoms with Crippen LogP contribution in [0.2, 0.25) is 0 Å². The smallest absolute Gasteiger partial charge is 0.254 e. The molecule has 3 aromatic carbocycles. The Morgan fingerprint density at radius 2 is 1.47 bits per heavy atom. The first-order chi connectivity index (χ1) is 16.6. The standard InChI is InChI=1S/C28H26FN3O2/c29-23-11-5-6-12-24(23)30-15-17-31(18-16-30)28(34)25-21-9-3-4-10-22(21)27(33)32-14-13-19-7-1-2-8-20(19)26(25)32/h1-12,25-26H,13-18H2/t25-,26+/m0/s1. The molecular weight excluding hydrogens is 429 g/mol. The highest BCUT2D eigenvalue weighted by Crippen LogP contribution is 2.46. The first-order valence-corrected chi connectivity index (χ1v) is 11.9. The predicted octanol–water partition coefficient (Wildman–Crippen LogP) is 4.01. The van der Waals surface area contributed by atoms with Gasteiger partial charge in [0.05, 0.1) is 17.6 Å². The molecule has 2 amide bonds. The van der Waals surface area contributed by atoms with E-state index >= 15 is 0 Å². The summed E-state index contributed by atoms with van der Waals surface area (Å²) in [5.41, 5.74) is 4.29. The average Bonchev–Trinajstić information content (AvgIpc) is 2.89. The highest BCUT2D eigenvalue weighted by Gasteiger charge is 2.47. The highest BCUT2D eigenvalue weighted by molar-refractivity contribution is 6.01. The topological polar surface area (TPSA) is 43.9 Å². The van der Waals surface area contributed by atoms with Gasteiger partial charge in [-0.25, -0.2) is 4.39 Å². The van der Waals surface area contributed by atoms with Crippen LogP contribution in [0.25, 0.3) is 0 Å². The van der Waals surface area contributed by atoms with E-state index in [1.807, 2.05) is 57.2 Å². The maximum atomic E-state index is 14.3. The Balaban J connectivity index is 1.34. The summed E-state index contributed by atoms with van der Waals surface area (Å²) in [6.45, 7) is 2.80. The summed E-state index contributed by atoms with van der Waals surface area (Å²) in [5.74, 6) is -0.643. The van der Waals surface area contributed by atoms with E-state index in [0.29, 0.717) is 44.0 Å². The van der Waals surface area contributed by atoms with Crippen LogP contribution in [0.4, 0.5) is 10.1 Å². The Labute approximate surface area is 198 Å². The van der Waals surface area contributed by atoms with Crippen molar-refractivity contribution >= 4 is 17.5 Å². The van der Waals surface area contributed by atoms with E-state index in [0.717, 1.165) is 17.5 Å². The van der Waals surface area contributed by atoms with Crippen molar-refractivity contribution in [1.82, 2.24) is 9.80 Å². The Bertz CT molecular complexity index is 1270. The van der Waals surface area contributed by atoms with Crippen molar-refractivity contribution in [2.75, 3.05) is 37.6 Å². The summed E-state index contributed by atoms with van der Waals surface area (Å²) >= 11 is 0. The van der Waals surface area contributed by atoms with E-state index in [1.165, 1.54) is 11.6 Å². The van der Waals surface area contributed by atoms with Crippen LogP contribution in [0.1, 0.15) is 39.0 Å². The van der Waals surface area contributed by atoms with Crippen LogP contribution in [-0.4, -0.2) is 54.3 Å². The summed E-state index contributed by atoms with van der Waals surface area (Å²) in [4.78, 5) is 33.3. The lowest BCUT2D eigenvalue weighted by atomic mass is 9.75. The predicted molar refractivity (Wildman–Crippen MR) is 128 cm³/mol. The first-order valence-electron chi connectivity index (χ1n) is 11.9. The summed E-state index contributed by atoms with van der Waals surface area (Å²) in [6.07, 6.45) is 0.794. The van der Waals surface area contributed by atoms with Crippen LogP contribution >= 0.6 is 0 Å². The van der Waals surface area contributed by atoms with Gasteiger partial charge in [-0.1, -0.05) is 54.6 Å². The molecule has 0 N–H and O–H groups in total. The van der Waals surface area contributed by atoms with Crippen molar-refractivity contribution in [1.29, 1.82) is 0 Å². The minimum absolute atomic E-state index is 0.00326. The fourth-order valence-electron chi connectivity index (χ4n) is 5.81. The molecule has 1 saturated heterocycles. The summed E-state index contributed by atoms with van der Waals surface area (Å²) in [7, 11) is 0. The number of carbonyl (C=O) groups is 2. The van der Waals surface area contributed by atoms with Gasteiger partial charge in [-0.3, -0.25) is 9.59 Å². The van der Waals surface area contributed by atoms with Gasteiger partial charge >= 0.3 is 0 Å². The molecule has 3 aliphatic heterocycles. The first kappa shape index (κ1) is 20.9. The number of benzene rings is 3. The number of hydrogen-bond donors (Lipinski definition) is 0. The Hall–Kier alpha value is -3.67. The molecular formula is C28H26FN3O2. The average molecular weight is 456 g/mol. The van der Waals surface area contributed by atoms with E-state index in [-0.39, 0.29) is 23.7 Å². The van der Waals surface area contributed by atoms with E-state index < -0.39 is 5.92 Å². The largest absolute Gasteiger partial charge is 0.366 e. The third-order valence-electron chi connectivity index (χ3n) is 7.48. The maximum absolute atomic E-state index is 14.3. The minimum Gasteiger partial charge on any atom is -0.366 e. The number of rotatable bonds is 2. The number of piperazine rings is 1. The number of halogens is 1. The highest BCUT2D eigenvalue weighted by atomic mass is 19.1. The fourth-order valence-corrected chi connectivity index (χ4v) is 5.81. The molecule has 0 aromatic heterocycles. The summed E-state index contributed by atoms with van der Waals surface area (Å²) < 4.78 is 14.3. The summed E-state index contributed by atoms with van der Waals surface area (Å²) in [6, 6.07) is 22.2. The van der Waals surface area contributed by atoms with Gasteiger partial charge in [0.2, 0.25) is 5.91 Å². The zero-order chi connectivity index (χ0) is 23.2. The van der Waals surface area contributed by atoms with Crippen molar-refractivity contribution in [3.8, 4) is 0 Å². The Morgan fingerprint density at radius 1 is 0.794 bits per heavy atom. The van der Waals surface area contributed by atoms with E-state index in [4.69, 9.17) is 0 Å². The van der Waals surface area contributed by atoms with Gasteiger partial charge in [0.1, 0.15) is 5.82 Å². The zero-order valence-electron chi connectivity index (χ0n) is 18.9. The quantitative estimate of drug-likeness (QED) is 0.587. The number of carbonyl (C=O) groups excluding carboxylic acids is 2. The van der Waals surface area contributed by atoms with Crippen molar-refractivity contribution < 1.29 is 14.0 Å². The molecule has 0 unspecified atom stereocenters. The number of fused-ring (bicyclic) bond motifs is 4. The molecule has 3 aromatic rings. The van der Waals surface area contributed by atoms with E-state index in [9.17, 15) is 14.0 Å². The van der Waals surface area contributed by atoms with Gasteiger partial charge < -0.3 is 14.7 Å². The third-order valence-corrected chi connectivity index (χ3v) is 7.48. The number of anilines is 1. The van der Waals surface area contributed by atoms with Gasteiger partial charge in [-0.05, 0) is 41.3 Å². The molecule has 6 heteroatoms. The van der Waals surface area contributed by atoms with Crippen LogP contribution < -0.4 is 4.90 Å². The lowest BCUT2D eigenvalue weighted by Gasteiger charge is -2.47. The van der Waals surface area contributed by atoms with Gasteiger partial charge in [0.15, 0.2) is 0 Å². The molecule has 2 atom stereocenters. The molecule has 1 fully saturated rings. The molecule has 0 spiro atoms. The summed E-state index contributed by atoms with van der Waals surface area (Å²) in [5, 5.41) is 0. The second kappa shape index (κ2) is 8.28. The van der Waals surface area contributed by atoms with Gasteiger partial charge in [-0.2, -0.15) is 0 Å². The van der Waals surface area contributed by atoms with Gasteiger partial charge in [0, 0.05) is 38.3 Å². The molecule has 0 bridgehead atoms. The molecule has 6 rings (SSSR count). The molecule has 3 aliphatic rings. The Morgan fingerprint density at radius 3 is 2.26 bits per heavy atom. The fraction of sp³-hybridized carbons (Fsp3) is 0.286. The van der Waals surface area contributed by atoms with Gasteiger partial charge in [-0.15, -0.1) is 0 Å². The van der Waals surface area contributed by atoms with E-state index in [1.54, 1.807) is 12.1 Å². The zero-order valence-corrected chi connectivity index (χ0v) is 18.9. The van der Waals surface area contributed by atoms with Gasteiger partial charge in [0.25, 0.3) is 5.91 Å². The van der Waals surface area contributed by atoms with Crippen LogP contribution in [0.5, 0.6) is 0 Å². The molecule has 5 nitrogen and oxygen atoms in total. The number of nitrogens with zero attached hydrogens (tertiary/aromatic N) is 3. The number of para-hydroxylation sites is 1. The monoisotopic (exact) mass is 455 g/mol. The lowest BCUT2D eigenvalue weighted by molar-refractivity contribution is -0.135. The normalized spacial score (nSPS) is 21.6. The molecule has 34 heavy (non-hydrogen) atoms. The SMILES string of the molecule is O=C([C@H]1c2ccccc2C(=O)N2CCc3ccccc3[C@H]12)N1CCN(c2ccccc2F)CC1. The second-order valence-electron chi connectivity index (χ2n) is 9.22. The van der Waals surface area contributed by atoms with Crippen molar-refractivity contribution in [3.63, 3.8) is 0 Å². The Kier molecular flexibility index (Phi) is 5.09. The van der Waals surface area contributed by atoms with Crippen molar-refractivity contribution in [2.45, 2.75) is 18.4 Å². The number of hydrogen-bond acceptors (Lipinski definition) is 3. The third kappa shape index (κ3) is 3.28. The second-order valence-corrected chi connectivity index (χ2v) is 9.22. The van der Waals surface area contributed by atoms with Crippen molar-refractivity contribution in [2.24, 2.45) is 0 Å².